The first-order chi connectivity index (χ1) is 8.61. The van der Waals surface area contributed by atoms with Crippen LogP contribution in [0.25, 0.3) is 0 Å². The van der Waals surface area contributed by atoms with Crippen LogP contribution in [-0.4, -0.2) is 13.1 Å². The number of hydrogen-bond donors (Lipinski definition) is 1. The number of anilines is 1. The lowest BCUT2D eigenvalue weighted by Crippen LogP contribution is -2.28. The van der Waals surface area contributed by atoms with Gasteiger partial charge in [0.05, 0.1) is 6.54 Å². The first-order valence-electron chi connectivity index (χ1n) is 6.35. The molecular weight excluding hydrogens is 227 g/mol. The van der Waals surface area contributed by atoms with E-state index in [0.717, 1.165) is 23.7 Å². The number of hydrogen-bond acceptors (Lipinski definition) is 2. The number of nitrogens with two attached hydrogens (primary N) is 1. The summed E-state index contributed by atoms with van der Waals surface area (Å²) >= 11 is 0. The standard InChI is InChI=1S/C15H19FN2/c1-3-8-18(10-12-4-5-12)15-7-6-13(16)9-14(15)11(2)17/h1,6-7,9,11-12H,4-5,8,10,17H2,2H3/t11-/m0/s1. The summed E-state index contributed by atoms with van der Waals surface area (Å²) in [5, 5.41) is 0. The van der Waals surface area contributed by atoms with Gasteiger partial charge in [-0.05, 0) is 49.4 Å². The Morgan fingerprint density at radius 3 is 2.83 bits per heavy atom. The number of halogens is 1. The second-order valence-electron chi connectivity index (χ2n) is 5.02. The van der Waals surface area contributed by atoms with Crippen LogP contribution in [0, 0.1) is 24.1 Å². The van der Waals surface area contributed by atoms with Crippen LogP contribution < -0.4 is 10.6 Å². The summed E-state index contributed by atoms with van der Waals surface area (Å²) < 4.78 is 13.3. The lowest BCUT2D eigenvalue weighted by Gasteiger charge is -2.26. The molecule has 3 heteroatoms. The molecule has 96 valence electrons. The highest BCUT2D eigenvalue weighted by atomic mass is 19.1. The van der Waals surface area contributed by atoms with Gasteiger partial charge in [0.2, 0.25) is 0 Å². The van der Waals surface area contributed by atoms with Crippen LogP contribution in [0.4, 0.5) is 10.1 Å². The monoisotopic (exact) mass is 246 g/mol. The van der Waals surface area contributed by atoms with E-state index >= 15 is 0 Å². The average molecular weight is 246 g/mol. The van der Waals surface area contributed by atoms with E-state index in [-0.39, 0.29) is 11.9 Å². The fraction of sp³-hybridized carbons (Fsp3) is 0.467. The average Bonchev–Trinajstić information content (AvgIpc) is 3.12. The Morgan fingerprint density at radius 1 is 1.56 bits per heavy atom. The summed E-state index contributed by atoms with van der Waals surface area (Å²) in [6.07, 6.45) is 7.94. The van der Waals surface area contributed by atoms with Gasteiger partial charge in [-0.25, -0.2) is 4.39 Å². The number of benzene rings is 1. The number of terminal acetylenes is 1. The minimum absolute atomic E-state index is 0.199. The molecule has 1 saturated carbocycles. The zero-order valence-electron chi connectivity index (χ0n) is 10.7. The van der Waals surface area contributed by atoms with Gasteiger partial charge in [-0.3, -0.25) is 0 Å². The van der Waals surface area contributed by atoms with Crippen LogP contribution in [0.1, 0.15) is 31.4 Å². The highest BCUT2D eigenvalue weighted by Gasteiger charge is 2.25. The van der Waals surface area contributed by atoms with Gasteiger partial charge in [-0.1, -0.05) is 5.92 Å². The third-order valence-electron chi connectivity index (χ3n) is 3.28. The normalized spacial score (nSPS) is 16.1. The van der Waals surface area contributed by atoms with Crippen molar-refractivity contribution < 1.29 is 4.39 Å². The molecule has 1 aromatic rings. The SMILES string of the molecule is C#CCN(CC1CC1)c1ccc(F)cc1[C@H](C)N. The molecule has 2 N–H and O–H groups in total. The van der Waals surface area contributed by atoms with E-state index in [4.69, 9.17) is 12.2 Å². The molecule has 1 aliphatic rings. The van der Waals surface area contributed by atoms with Crippen molar-refractivity contribution in [2.24, 2.45) is 11.7 Å². The van der Waals surface area contributed by atoms with E-state index in [1.807, 2.05) is 6.92 Å². The molecule has 0 radical (unpaired) electrons. The summed E-state index contributed by atoms with van der Waals surface area (Å²) in [6.45, 7) is 3.35. The minimum atomic E-state index is -0.252. The van der Waals surface area contributed by atoms with Gasteiger partial charge >= 0.3 is 0 Å². The van der Waals surface area contributed by atoms with Crippen LogP contribution in [0.5, 0.6) is 0 Å². The highest BCUT2D eigenvalue weighted by Crippen LogP contribution is 2.33. The maximum atomic E-state index is 13.3. The zero-order chi connectivity index (χ0) is 13.1. The predicted molar refractivity (Wildman–Crippen MR) is 72.8 cm³/mol. The smallest absolute Gasteiger partial charge is 0.123 e. The van der Waals surface area contributed by atoms with E-state index in [9.17, 15) is 4.39 Å². The number of rotatable bonds is 5. The van der Waals surface area contributed by atoms with Crippen LogP contribution in [0.3, 0.4) is 0 Å². The highest BCUT2D eigenvalue weighted by molar-refractivity contribution is 5.56. The van der Waals surface area contributed by atoms with Crippen molar-refractivity contribution in [2.75, 3.05) is 18.0 Å². The Labute approximate surface area is 108 Å². The fourth-order valence-corrected chi connectivity index (χ4v) is 2.15. The van der Waals surface area contributed by atoms with Crippen LogP contribution in [-0.2, 0) is 0 Å². The molecule has 18 heavy (non-hydrogen) atoms. The van der Waals surface area contributed by atoms with E-state index < -0.39 is 0 Å². The van der Waals surface area contributed by atoms with Gasteiger partial charge < -0.3 is 10.6 Å². The summed E-state index contributed by atoms with van der Waals surface area (Å²) in [6, 6.07) is 4.57. The molecule has 1 aromatic carbocycles. The van der Waals surface area contributed by atoms with Crippen molar-refractivity contribution in [1.82, 2.24) is 0 Å². The Hall–Kier alpha value is -1.53. The number of nitrogens with zero attached hydrogens (tertiary/aromatic N) is 1. The zero-order valence-corrected chi connectivity index (χ0v) is 10.7. The van der Waals surface area contributed by atoms with E-state index in [0.29, 0.717) is 6.54 Å². The Balaban J connectivity index is 2.29. The van der Waals surface area contributed by atoms with Gasteiger partial charge in [0.25, 0.3) is 0 Å². The van der Waals surface area contributed by atoms with E-state index in [1.165, 1.54) is 25.0 Å². The molecule has 1 aliphatic carbocycles. The second kappa shape index (κ2) is 5.41. The second-order valence-corrected chi connectivity index (χ2v) is 5.02. The lowest BCUT2D eigenvalue weighted by molar-refractivity contribution is 0.621. The van der Waals surface area contributed by atoms with Crippen molar-refractivity contribution in [3.8, 4) is 12.3 Å². The maximum absolute atomic E-state index is 13.3. The largest absolute Gasteiger partial charge is 0.360 e. The first kappa shape index (κ1) is 12.9. The lowest BCUT2D eigenvalue weighted by atomic mass is 10.1. The maximum Gasteiger partial charge on any atom is 0.123 e. The molecule has 0 amide bonds. The van der Waals surface area contributed by atoms with Gasteiger partial charge in [0, 0.05) is 18.3 Å². The van der Waals surface area contributed by atoms with Crippen molar-refractivity contribution in [1.29, 1.82) is 0 Å². The van der Waals surface area contributed by atoms with E-state index in [1.54, 1.807) is 6.07 Å². The molecule has 0 unspecified atom stereocenters. The van der Waals surface area contributed by atoms with Gasteiger partial charge in [-0.15, -0.1) is 6.42 Å². The Morgan fingerprint density at radius 2 is 2.28 bits per heavy atom. The van der Waals surface area contributed by atoms with Crippen molar-refractivity contribution in [3.63, 3.8) is 0 Å². The minimum Gasteiger partial charge on any atom is -0.360 e. The molecule has 0 heterocycles. The van der Waals surface area contributed by atoms with E-state index in [2.05, 4.69) is 10.8 Å². The van der Waals surface area contributed by atoms with Gasteiger partial charge in [0.15, 0.2) is 0 Å². The van der Waals surface area contributed by atoms with Crippen LogP contribution >= 0.6 is 0 Å². The molecule has 0 spiro atoms. The molecule has 1 atom stereocenters. The van der Waals surface area contributed by atoms with Crippen molar-refractivity contribution in [3.05, 3.63) is 29.6 Å². The van der Waals surface area contributed by atoms with Crippen LogP contribution in [0.15, 0.2) is 18.2 Å². The van der Waals surface area contributed by atoms with Gasteiger partial charge in [-0.2, -0.15) is 0 Å². The summed E-state index contributed by atoms with van der Waals surface area (Å²) in [5.74, 6) is 3.15. The Bertz CT molecular complexity index is 458. The molecule has 0 bridgehead atoms. The topological polar surface area (TPSA) is 29.3 Å². The molecule has 1 fully saturated rings. The fourth-order valence-electron chi connectivity index (χ4n) is 2.15. The van der Waals surface area contributed by atoms with Crippen LogP contribution in [0.2, 0.25) is 0 Å². The van der Waals surface area contributed by atoms with Crippen molar-refractivity contribution in [2.45, 2.75) is 25.8 Å². The predicted octanol–water partition coefficient (Wildman–Crippen LogP) is 2.70. The summed E-state index contributed by atoms with van der Waals surface area (Å²) in [5.41, 5.74) is 7.71. The quantitative estimate of drug-likeness (QED) is 0.809. The molecule has 0 aromatic heterocycles. The summed E-state index contributed by atoms with van der Waals surface area (Å²) in [4.78, 5) is 2.13. The molecule has 2 nitrogen and oxygen atoms in total. The summed E-state index contributed by atoms with van der Waals surface area (Å²) in [7, 11) is 0. The Kier molecular flexibility index (Phi) is 3.88. The molecular formula is C15H19FN2. The first-order valence-corrected chi connectivity index (χ1v) is 6.35. The van der Waals surface area contributed by atoms with Gasteiger partial charge in [0.1, 0.15) is 5.82 Å². The third-order valence-corrected chi connectivity index (χ3v) is 3.28. The molecule has 2 rings (SSSR count). The molecule has 0 aliphatic heterocycles. The molecule has 0 saturated heterocycles. The third kappa shape index (κ3) is 3.02. The van der Waals surface area contributed by atoms with Crippen molar-refractivity contribution >= 4 is 5.69 Å².